The number of anilines is 2. The number of carbonyl (C=O) groups is 1. The van der Waals surface area contributed by atoms with Gasteiger partial charge in [-0.25, -0.2) is 4.79 Å². The molecule has 0 spiro atoms. The van der Waals surface area contributed by atoms with Crippen molar-refractivity contribution in [2.24, 2.45) is 0 Å². The molecule has 0 atom stereocenters. The van der Waals surface area contributed by atoms with Crippen molar-refractivity contribution in [3.05, 3.63) is 60.2 Å². The third-order valence-corrected chi connectivity index (χ3v) is 5.05. The van der Waals surface area contributed by atoms with Gasteiger partial charge in [0.05, 0.1) is 0 Å². The number of piperidine rings is 1. The predicted molar refractivity (Wildman–Crippen MR) is 120 cm³/mol. The maximum Gasteiger partial charge on any atom is 0.412 e. The van der Waals surface area contributed by atoms with Gasteiger partial charge in [-0.15, -0.1) is 0 Å². The molecule has 0 unspecified atom stereocenters. The lowest BCUT2D eigenvalue weighted by Gasteiger charge is -2.33. The normalized spacial score (nSPS) is 15.7. The third kappa shape index (κ3) is 7.42. The molecule has 3 rings (SSSR count). The lowest BCUT2D eigenvalue weighted by atomic mass is 10.0. The van der Waals surface area contributed by atoms with E-state index in [2.05, 4.69) is 45.9 Å². The Balaban J connectivity index is 1.39. The average Bonchev–Trinajstić information content (AvgIpc) is 2.68. The van der Waals surface area contributed by atoms with Gasteiger partial charge in [0.1, 0.15) is 5.60 Å². The summed E-state index contributed by atoms with van der Waals surface area (Å²) in [6.45, 7) is 8.94. The van der Waals surface area contributed by atoms with Crippen LogP contribution in [0, 0.1) is 0 Å². The van der Waals surface area contributed by atoms with Crippen LogP contribution in [0.1, 0.15) is 39.2 Å². The molecule has 0 radical (unpaired) electrons. The number of hydrogen-bond donors (Lipinski definition) is 2. The second-order valence-corrected chi connectivity index (χ2v) is 8.70. The first kappa shape index (κ1) is 21.2. The summed E-state index contributed by atoms with van der Waals surface area (Å²) in [5.74, 6) is 0. The van der Waals surface area contributed by atoms with Gasteiger partial charge in [0.15, 0.2) is 0 Å². The van der Waals surface area contributed by atoms with Crippen molar-refractivity contribution >= 4 is 17.5 Å². The first-order valence-corrected chi connectivity index (χ1v) is 10.5. The molecule has 2 aromatic rings. The van der Waals surface area contributed by atoms with E-state index >= 15 is 0 Å². The zero-order chi connectivity index (χ0) is 20.7. The highest BCUT2D eigenvalue weighted by Gasteiger charge is 2.19. The first-order valence-electron chi connectivity index (χ1n) is 10.5. The van der Waals surface area contributed by atoms with Crippen molar-refractivity contribution in [2.75, 3.05) is 30.3 Å². The number of nitrogens with one attached hydrogen (secondary N) is 2. The van der Waals surface area contributed by atoms with Gasteiger partial charge in [0.2, 0.25) is 0 Å². The molecule has 5 heteroatoms. The Bertz CT molecular complexity index is 761. The van der Waals surface area contributed by atoms with Gasteiger partial charge in [-0.05, 0) is 69.9 Å². The van der Waals surface area contributed by atoms with E-state index in [0.29, 0.717) is 6.04 Å². The van der Waals surface area contributed by atoms with Gasteiger partial charge in [0.25, 0.3) is 0 Å². The SMILES string of the molecule is CC(C)(C)OC(=O)Nc1ccc(NC2CCN(CCc3ccccc3)CC2)cc1. The molecule has 1 aliphatic rings. The van der Waals surface area contributed by atoms with Crippen molar-refractivity contribution in [3.63, 3.8) is 0 Å². The summed E-state index contributed by atoms with van der Waals surface area (Å²) in [6.07, 6.45) is 2.98. The van der Waals surface area contributed by atoms with Crippen LogP contribution in [0.25, 0.3) is 0 Å². The van der Waals surface area contributed by atoms with Crippen molar-refractivity contribution in [1.82, 2.24) is 4.90 Å². The fourth-order valence-electron chi connectivity index (χ4n) is 3.54. The molecule has 0 saturated carbocycles. The average molecular weight is 396 g/mol. The summed E-state index contributed by atoms with van der Waals surface area (Å²) in [5.41, 5.74) is 2.73. The Morgan fingerprint density at radius 1 is 1.00 bits per heavy atom. The van der Waals surface area contributed by atoms with Crippen LogP contribution in [0.5, 0.6) is 0 Å². The molecular weight excluding hydrogens is 362 g/mol. The fourth-order valence-corrected chi connectivity index (χ4v) is 3.54. The number of ether oxygens (including phenoxy) is 1. The monoisotopic (exact) mass is 395 g/mol. The third-order valence-electron chi connectivity index (χ3n) is 5.05. The minimum absolute atomic E-state index is 0.430. The molecule has 156 valence electrons. The van der Waals surface area contributed by atoms with E-state index in [1.807, 2.05) is 45.0 Å². The summed E-state index contributed by atoms with van der Waals surface area (Å²) < 4.78 is 5.28. The lowest BCUT2D eigenvalue weighted by molar-refractivity contribution is 0.0636. The van der Waals surface area contributed by atoms with Gasteiger partial charge in [-0.1, -0.05) is 30.3 Å². The molecule has 1 fully saturated rings. The fraction of sp³-hybridized carbons (Fsp3) is 0.458. The second-order valence-electron chi connectivity index (χ2n) is 8.70. The van der Waals surface area contributed by atoms with E-state index in [0.717, 1.165) is 50.3 Å². The Hall–Kier alpha value is -2.53. The van der Waals surface area contributed by atoms with Crippen molar-refractivity contribution in [1.29, 1.82) is 0 Å². The van der Waals surface area contributed by atoms with Gasteiger partial charge in [-0.3, -0.25) is 5.32 Å². The summed E-state index contributed by atoms with van der Waals surface area (Å²) in [6, 6.07) is 19.0. The molecule has 5 nitrogen and oxygen atoms in total. The highest BCUT2D eigenvalue weighted by atomic mass is 16.6. The lowest BCUT2D eigenvalue weighted by Crippen LogP contribution is -2.40. The topological polar surface area (TPSA) is 53.6 Å². The Morgan fingerprint density at radius 3 is 2.24 bits per heavy atom. The molecular formula is C24H33N3O2. The number of rotatable bonds is 6. The second kappa shape index (κ2) is 9.79. The smallest absolute Gasteiger partial charge is 0.412 e. The minimum atomic E-state index is -0.498. The number of amides is 1. The van der Waals surface area contributed by atoms with E-state index in [1.54, 1.807) is 0 Å². The van der Waals surface area contributed by atoms with Crippen LogP contribution in [0.3, 0.4) is 0 Å². The van der Waals surface area contributed by atoms with Crippen LogP contribution in [0.15, 0.2) is 54.6 Å². The van der Waals surface area contributed by atoms with Crippen molar-refractivity contribution < 1.29 is 9.53 Å². The minimum Gasteiger partial charge on any atom is -0.444 e. The summed E-state index contributed by atoms with van der Waals surface area (Å²) >= 11 is 0. The number of hydrogen-bond acceptors (Lipinski definition) is 4. The molecule has 0 bridgehead atoms. The predicted octanol–water partition coefficient (Wildman–Crippen LogP) is 5.15. The highest BCUT2D eigenvalue weighted by Crippen LogP contribution is 2.20. The molecule has 29 heavy (non-hydrogen) atoms. The highest BCUT2D eigenvalue weighted by molar-refractivity contribution is 5.85. The van der Waals surface area contributed by atoms with Crippen molar-refractivity contribution in [2.45, 2.75) is 51.7 Å². The number of carbonyl (C=O) groups excluding carboxylic acids is 1. The zero-order valence-electron chi connectivity index (χ0n) is 17.8. The van der Waals surface area contributed by atoms with Gasteiger partial charge in [0, 0.05) is 37.1 Å². The van der Waals surface area contributed by atoms with Crippen molar-refractivity contribution in [3.8, 4) is 0 Å². The molecule has 1 saturated heterocycles. The molecule has 1 aliphatic heterocycles. The van der Waals surface area contributed by atoms with Crippen LogP contribution < -0.4 is 10.6 Å². The van der Waals surface area contributed by atoms with Crippen LogP contribution in [-0.2, 0) is 11.2 Å². The standard InChI is InChI=1S/C24H33N3O2/c1-24(2,3)29-23(28)26-21-11-9-20(10-12-21)25-22-14-17-27(18-15-22)16-13-19-7-5-4-6-8-19/h4-12,22,25H,13-18H2,1-3H3,(H,26,28). The summed E-state index contributed by atoms with van der Waals surface area (Å²) in [7, 11) is 0. The van der Waals surface area contributed by atoms with Gasteiger partial charge >= 0.3 is 6.09 Å². The van der Waals surface area contributed by atoms with Crippen LogP contribution >= 0.6 is 0 Å². The van der Waals surface area contributed by atoms with Crippen LogP contribution in [0.2, 0.25) is 0 Å². The largest absolute Gasteiger partial charge is 0.444 e. The molecule has 0 aromatic heterocycles. The van der Waals surface area contributed by atoms with E-state index in [1.165, 1.54) is 5.56 Å². The molecule has 2 N–H and O–H groups in total. The van der Waals surface area contributed by atoms with Crippen LogP contribution in [-0.4, -0.2) is 42.3 Å². The maximum atomic E-state index is 11.9. The zero-order valence-corrected chi connectivity index (χ0v) is 17.8. The van der Waals surface area contributed by atoms with Gasteiger partial charge < -0.3 is 15.0 Å². The molecule has 0 aliphatic carbocycles. The quantitative estimate of drug-likeness (QED) is 0.710. The van der Waals surface area contributed by atoms with E-state index in [9.17, 15) is 4.79 Å². The first-order chi connectivity index (χ1) is 13.9. The summed E-state index contributed by atoms with van der Waals surface area (Å²) in [5, 5.41) is 6.39. The number of nitrogens with zero attached hydrogens (tertiary/aromatic N) is 1. The Labute approximate surface area is 174 Å². The van der Waals surface area contributed by atoms with E-state index < -0.39 is 11.7 Å². The van der Waals surface area contributed by atoms with Gasteiger partial charge in [-0.2, -0.15) is 0 Å². The van der Waals surface area contributed by atoms with E-state index in [4.69, 9.17) is 4.74 Å². The molecule has 2 aromatic carbocycles. The maximum absolute atomic E-state index is 11.9. The molecule has 1 heterocycles. The molecule has 1 amide bonds. The Kier molecular flexibility index (Phi) is 7.15. The van der Waals surface area contributed by atoms with Crippen LogP contribution in [0.4, 0.5) is 16.2 Å². The summed E-state index contributed by atoms with van der Waals surface area (Å²) in [4.78, 5) is 14.4. The number of likely N-dealkylation sites (tertiary alicyclic amines) is 1. The number of benzene rings is 2. The van der Waals surface area contributed by atoms with E-state index in [-0.39, 0.29) is 0 Å². The Morgan fingerprint density at radius 2 is 1.62 bits per heavy atom.